The van der Waals surface area contributed by atoms with Crippen LogP contribution in [0.2, 0.25) is 0 Å². The average molecular weight is 370 g/mol. The highest BCUT2D eigenvalue weighted by atomic mass is 16.5. The van der Waals surface area contributed by atoms with Gasteiger partial charge in [0.1, 0.15) is 17.9 Å². The number of ether oxygens (including phenoxy) is 1. The lowest BCUT2D eigenvalue weighted by atomic mass is 9.74. The summed E-state index contributed by atoms with van der Waals surface area (Å²) in [6.07, 6.45) is 5.63. The molecule has 2 nitrogen and oxygen atoms in total. The molecule has 0 spiro atoms. The molecular formula is C26H27NO. The van der Waals surface area contributed by atoms with Gasteiger partial charge >= 0.3 is 0 Å². The lowest BCUT2D eigenvalue weighted by Gasteiger charge is -2.32. The van der Waals surface area contributed by atoms with E-state index in [1.807, 2.05) is 0 Å². The molecule has 1 aliphatic heterocycles. The molecule has 0 radical (unpaired) electrons. The Hall–Kier alpha value is -2.53. The van der Waals surface area contributed by atoms with E-state index in [1.54, 1.807) is 0 Å². The molecular weight excluding hydrogens is 342 g/mol. The number of hydrogen-bond donors (Lipinski definition) is 0. The Labute approximate surface area is 167 Å². The van der Waals surface area contributed by atoms with Crippen LogP contribution in [-0.2, 0) is 6.42 Å². The van der Waals surface area contributed by atoms with Crippen LogP contribution in [-0.4, -0.2) is 0 Å². The maximum atomic E-state index is 10.1. The molecule has 0 saturated heterocycles. The van der Waals surface area contributed by atoms with Crippen LogP contribution in [0.15, 0.2) is 36.9 Å². The average Bonchev–Trinajstić information content (AvgIpc) is 3.04. The van der Waals surface area contributed by atoms with E-state index in [2.05, 4.69) is 56.8 Å². The molecule has 2 heteroatoms. The SMILES string of the molecule is C=C1CC(c2ccc(C)cc2)Oc2cc3c(c(C#N)c21)C1C[C@H](C)CC[C@@H]1C3. The molecule has 0 amide bonds. The Morgan fingerprint density at radius 2 is 1.93 bits per heavy atom. The number of fused-ring (bicyclic) bond motifs is 4. The lowest BCUT2D eigenvalue weighted by molar-refractivity contribution is 0.202. The molecule has 1 heterocycles. The molecule has 4 atom stereocenters. The Morgan fingerprint density at radius 1 is 1.14 bits per heavy atom. The minimum Gasteiger partial charge on any atom is -0.485 e. The van der Waals surface area contributed by atoms with E-state index in [1.165, 1.54) is 41.5 Å². The summed E-state index contributed by atoms with van der Waals surface area (Å²) in [7, 11) is 0. The van der Waals surface area contributed by atoms with Gasteiger partial charge in [0.15, 0.2) is 0 Å². The topological polar surface area (TPSA) is 33.0 Å². The number of rotatable bonds is 1. The van der Waals surface area contributed by atoms with Crippen LogP contribution in [0, 0.1) is 30.1 Å². The molecule has 142 valence electrons. The second-order valence-corrected chi connectivity index (χ2v) is 9.12. The normalized spacial score (nSPS) is 28.0. The van der Waals surface area contributed by atoms with Crippen LogP contribution in [0.1, 0.15) is 78.0 Å². The first-order valence-corrected chi connectivity index (χ1v) is 10.6. The van der Waals surface area contributed by atoms with E-state index < -0.39 is 0 Å². The van der Waals surface area contributed by atoms with Crippen LogP contribution in [0.4, 0.5) is 0 Å². The highest BCUT2D eigenvalue weighted by Crippen LogP contribution is 2.53. The largest absolute Gasteiger partial charge is 0.485 e. The van der Waals surface area contributed by atoms with Gasteiger partial charge in [0, 0.05) is 12.0 Å². The van der Waals surface area contributed by atoms with Crippen molar-refractivity contribution in [2.45, 2.75) is 58.0 Å². The molecule has 5 rings (SSSR count). The number of hydrogen-bond acceptors (Lipinski definition) is 2. The summed E-state index contributed by atoms with van der Waals surface area (Å²) in [6, 6.07) is 13.3. The van der Waals surface area contributed by atoms with Crippen molar-refractivity contribution in [2.75, 3.05) is 0 Å². The van der Waals surface area contributed by atoms with Crippen LogP contribution < -0.4 is 4.74 Å². The molecule has 0 N–H and O–H groups in total. The van der Waals surface area contributed by atoms with E-state index in [0.717, 1.165) is 41.2 Å². The molecule has 2 aromatic carbocycles. The first-order valence-electron chi connectivity index (χ1n) is 10.6. The minimum absolute atomic E-state index is 0.0195. The van der Waals surface area contributed by atoms with Crippen molar-refractivity contribution in [1.82, 2.24) is 0 Å². The number of nitrogens with zero attached hydrogens (tertiary/aromatic N) is 1. The molecule has 2 unspecified atom stereocenters. The molecule has 0 aromatic heterocycles. The van der Waals surface area contributed by atoms with Crippen molar-refractivity contribution < 1.29 is 4.74 Å². The summed E-state index contributed by atoms with van der Waals surface area (Å²) in [5, 5.41) is 10.1. The summed E-state index contributed by atoms with van der Waals surface area (Å²) in [5.74, 6) is 2.86. The zero-order chi connectivity index (χ0) is 19.4. The monoisotopic (exact) mass is 369 g/mol. The minimum atomic E-state index is -0.0195. The van der Waals surface area contributed by atoms with Gasteiger partial charge in [-0.2, -0.15) is 5.26 Å². The Morgan fingerprint density at radius 3 is 2.68 bits per heavy atom. The fraction of sp³-hybridized carbons (Fsp3) is 0.423. The van der Waals surface area contributed by atoms with Crippen molar-refractivity contribution in [3.63, 3.8) is 0 Å². The maximum absolute atomic E-state index is 10.1. The molecule has 0 bridgehead atoms. The third-order valence-corrected chi connectivity index (χ3v) is 7.14. The molecule has 1 saturated carbocycles. The quantitative estimate of drug-likeness (QED) is 0.576. The van der Waals surface area contributed by atoms with Crippen molar-refractivity contribution in [3.8, 4) is 11.8 Å². The van der Waals surface area contributed by atoms with Gasteiger partial charge in [-0.05, 0) is 72.3 Å². The van der Waals surface area contributed by atoms with Crippen molar-refractivity contribution in [2.24, 2.45) is 11.8 Å². The van der Waals surface area contributed by atoms with E-state index in [4.69, 9.17) is 4.74 Å². The van der Waals surface area contributed by atoms with Crippen LogP contribution in [0.25, 0.3) is 5.57 Å². The number of benzene rings is 2. The van der Waals surface area contributed by atoms with Crippen LogP contribution in [0.5, 0.6) is 5.75 Å². The second-order valence-electron chi connectivity index (χ2n) is 9.12. The van der Waals surface area contributed by atoms with E-state index in [0.29, 0.717) is 11.8 Å². The third-order valence-electron chi connectivity index (χ3n) is 7.14. The highest BCUT2D eigenvalue weighted by molar-refractivity contribution is 5.78. The van der Waals surface area contributed by atoms with Crippen LogP contribution >= 0.6 is 0 Å². The summed E-state index contributed by atoms with van der Waals surface area (Å²) in [6.45, 7) is 8.82. The van der Waals surface area contributed by atoms with Gasteiger partial charge in [-0.1, -0.05) is 49.8 Å². The second kappa shape index (κ2) is 6.52. The highest BCUT2D eigenvalue weighted by Gasteiger charge is 2.41. The maximum Gasteiger partial charge on any atom is 0.129 e. The zero-order valence-electron chi connectivity index (χ0n) is 16.8. The summed E-state index contributed by atoms with van der Waals surface area (Å²) in [4.78, 5) is 0. The molecule has 2 aromatic rings. The smallest absolute Gasteiger partial charge is 0.129 e. The van der Waals surface area contributed by atoms with Gasteiger partial charge in [0.2, 0.25) is 0 Å². The fourth-order valence-corrected chi connectivity index (χ4v) is 5.69. The Balaban J connectivity index is 1.58. The molecule has 28 heavy (non-hydrogen) atoms. The van der Waals surface area contributed by atoms with E-state index in [-0.39, 0.29) is 6.10 Å². The van der Waals surface area contributed by atoms with Crippen molar-refractivity contribution >= 4 is 5.57 Å². The third kappa shape index (κ3) is 2.68. The number of aryl methyl sites for hydroxylation is 1. The molecule has 2 aliphatic carbocycles. The van der Waals surface area contributed by atoms with Gasteiger partial charge in [-0.25, -0.2) is 0 Å². The summed E-state index contributed by atoms with van der Waals surface area (Å²) < 4.78 is 6.46. The van der Waals surface area contributed by atoms with Crippen LogP contribution in [0.3, 0.4) is 0 Å². The van der Waals surface area contributed by atoms with Crippen molar-refractivity contribution in [1.29, 1.82) is 5.26 Å². The molecule has 1 fully saturated rings. The summed E-state index contributed by atoms with van der Waals surface area (Å²) in [5.41, 5.74) is 7.95. The molecule has 3 aliphatic rings. The predicted molar refractivity (Wildman–Crippen MR) is 112 cm³/mol. The zero-order valence-corrected chi connectivity index (χ0v) is 16.8. The predicted octanol–water partition coefficient (Wildman–Crippen LogP) is 6.48. The Bertz CT molecular complexity index is 995. The van der Waals surface area contributed by atoms with Crippen molar-refractivity contribution in [3.05, 3.63) is 70.3 Å². The van der Waals surface area contributed by atoms with Gasteiger partial charge in [0.05, 0.1) is 5.56 Å². The van der Waals surface area contributed by atoms with Gasteiger partial charge in [-0.3, -0.25) is 0 Å². The van der Waals surface area contributed by atoms with Gasteiger partial charge < -0.3 is 4.74 Å². The first-order chi connectivity index (χ1) is 13.5. The number of nitriles is 1. The standard InChI is InChI=1S/C26H27NO/c1-15-4-7-18(8-5-15)23-11-17(3)25-22(14-27)26-20(13-24(25)28-23)12-19-9-6-16(2)10-21(19)26/h4-5,7-8,13,16,19,21,23H,3,6,9-12H2,1-2H3/t16-,19-,21?,23?/m1/s1. The van der Waals surface area contributed by atoms with E-state index >= 15 is 0 Å². The fourth-order valence-electron chi connectivity index (χ4n) is 5.69. The van der Waals surface area contributed by atoms with E-state index in [9.17, 15) is 5.26 Å². The lowest BCUT2D eigenvalue weighted by Crippen LogP contribution is -2.20. The summed E-state index contributed by atoms with van der Waals surface area (Å²) >= 11 is 0. The van der Waals surface area contributed by atoms with Gasteiger partial charge in [-0.15, -0.1) is 0 Å². The van der Waals surface area contributed by atoms with Gasteiger partial charge in [0.25, 0.3) is 0 Å². The Kier molecular flexibility index (Phi) is 4.09. The first kappa shape index (κ1) is 17.6.